The van der Waals surface area contributed by atoms with Gasteiger partial charge < -0.3 is 9.47 Å². The lowest BCUT2D eigenvalue weighted by Gasteiger charge is -2.13. The van der Waals surface area contributed by atoms with Crippen LogP contribution in [-0.2, 0) is 17.8 Å². The van der Waals surface area contributed by atoms with Gasteiger partial charge in [0.1, 0.15) is 11.6 Å². The number of thiophene rings is 1. The van der Waals surface area contributed by atoms with Gasteiger partial charge in [-0.2, -0.15) is 0 Å². The van der Waals surface area contributed by atoms with Gasteiger partial charge in [-0.1, -0.05) is 11.3 Å². The molecule has 8 heteroatoms. The molecular formula is C17H13FN2O3S2. The van der Waals surface area contributed by atoms with Crippen molar-refractivity contribution in [3.05, 3.63) is 57.7 Å². The van der Waals surface area contributed by atoms with Crippen LogP contribution in [0.15, 0.2) is 35.8 Å². The summed E-state index contributed by atoms with van der Waals surface area (Å²) >= 11 is 2.76. The zero-order valence-electron chi connectivity index (χ0n) is 13.0. The first-order valence-electron chi connectivity index (χ1n) is 7.56. The fraction of sp³-hybridized carbons (Fsp3) is 0.176. The van der Waals surface area contributed by atoms with Crippen molar-refractivity contribution in [1.82, 2.24) is 4.98 Å². The molecule has 3 aromatic rings. The maximum atomic E-state index is 12.9. The largest absolute Gasteiger partial charge is 0.445 e. The first kappa shape index (κ1) is 16.2. The summed E-state index contributed by atoms with van der Waals surface area (Å²) in [6.45, 7) is 1.21. The first-order chi connectivity index (χ1) is 12.2. The summed E-state index contributed by atoms with van der Waals surface area (Å²) in [6.07, 6.45) is 2.28. The number of rotatable bonds is 4. The van der Waals surface area contributed by atoms with Crippen LogP contribution in [0.4, 0.5) is 9.52 Å². The number of benzene rings is 1. The second-order valence-corrected chi connectivity index (χ2v) is 7.31. The number of nitrogens with zero attached hydrogens (tertiary/aromatic N) is 1. The zero-order chi connectivity index (χ0) is 17.2. The molecule has 5 nitrogen and oxygen atoms in total. The molecule has 3 heterocycles. The van der Waals surface area contributed by atoms with Gasteiger partial charge in [0, 0.05) is 10.3 Å². The normalized spacial score (nSPS) is 13.3. The Morgan fingerprint density at radius 2 is 2.16 bits per heavy atom. The van der Waals surface area contributed by atoms with Crippen molar-refractivity contribution in [3.63, 3.8) is 0 Å². The van der Waals surface area contributed by atoms with Crippen LogP contribution in [0.1, 0.15) is 20.8 Å². The number of hydrogen-bond donors (Lipinski definition) is 1. The molecule has 1 aliphatic heterocycles. The minimum absolute atomic E-state index is 0.179. The highest BCUT2D eigenvalue weighted by Crippen LogP contribution is 2.32. The highest BCUT2D eigenvalue weighted by atomic mass is 32.1. The molecule has 128 valence electrons. The van der Waals surface area contributed by atoms with Gasteiger partial charge in [-0.25, -0.2) is 9.37 Å². The number of nitrogens with one attached hydrogen (secondary N) is 1. The lowest BCUT2D eigenvalue weighted by molar-refractivity contribution is 0.101. The molecule has 25 heavy (non-hydrogen) atoms. The molecule has 2 aromatic heterocycles. The van der Waals surface area contributed by atoms with E-state index in [-0.39, 0.29) is 11.7 Å². The topological polar surface area (TPSA) is 60.5 Å². The van der Waals surface area contributed by atoms with E-state index in [0.29, 0.717) is 34.7 Å². The summed E-state index contributed by atoms with van der Waals surface area (Å²) in [4.78, 5) is 17.8. The maximum Gasteiger partial charge on any atom is 0.258 e. The predicted molar refractivity (Wildman–Crippen MR) is 94.2 cm³/mol. The second kappa shape index (κ2) is 6.91. The number of ether oxygens (including phenoxy) is 2. The number of hydrogen-bond acceptors (Lipinski definition) is 6. The summed E-state index contributed by atoms with van der Waals surface area (Å²) in [6, 6.07) is 5.71. The molecule has 1 amide bonds. The molecule has 0 spiro atoms. The molecule has 1 aromatic carbocycles. The lowest BCUT2D eigenvalue weighted by Crippen LogP contribution is -2.16. The molecular weight excluding hydrogens is 363 g/mol. The summed E-state index contributed by atoms with van der Waals surface area (Å²) in [5.74, 6) is 0.00557. The maximum absolute atomic E-state index is 12.9. The van der Waals surface area contributed by atoms with E-state index in [4.69, 9.17) is 9.47 Å². The fourth-order valence-corrected chi connectivity index (χ4v) is 4.19. The Bertz CT molecular complexity index is 905. The molecule has 0 fully saturated rings. The van der Waals surface area contributed by atoms with Crippen molar-refractivity contribution in [2.75, 3.05) is 11.9 Å². The Morgan fingerprint density at radius 1 is 1.32 bits per heavy atom. The molecule has 0 unspecified atom stereocenters. The molecule has 0 aliphatic carbocycles. The highest BCUT2D eigenvalue weighted by molar-refractivity contribution is 7.17. The Morgan fingerprint density at radius 3 is 3.00 bits per heavy atom. The monoisotopic (exact) mass is 376 g/mol. The van der Waals surface area contributed by atoms with Crippen LogP contribution in [0.3, 0.4) is 0 Å². The van der Waals surface area contributed by atoms with Crippen molar-refractivity contribution >= 4 is 33.7 Å². The van der Waals surface area contributed by atoms with E-state index in [0.717, 1.165) is 16.9 Å². The lowest BCUT2D eigenvalue weighted by atomic mass is 10.1. The van der Waals surface area contributed by atoms with Crippen LogP contribution in [0.5, 0.6) is 10.8 Å². The standard InChI is InChI=1S/C17H13FN2O3S2/c18-10-1-3-11(4-2-10)23-15-7-19-17(25-15)20-16(21)13-9-24-14-8-22-6-5-12(13)14/h1-4,7,9H,5-6,8H2,(H,19,20,21). The smallest absolute Gasteiger partial charge is 0.258 e. The van der Waals surface area contributed by atoms with Gasteiger partial charge in [-0.05, 0) is 36.2 Å². The minimum Gasteiger partial charge on any atom is -0.445 e. The summed E-state index contributed by atoms with van der Waals surface area (Å²) < 4.78 is 23.9. The number of aromatic nitrogens is 1. The van der Waals surface area contributed by atoms with Crippen molar-refractivity contribution in [2.24, 2.45) is 0 Å². The van der Waals surface area contributed by atoms with Gasteiger partial charge >= 0.3 is 0 Å². The molecule has 0 saturated carbocycles. The van der Waals surface area contributed by atoms with Gasteiger partial charge in [0.15, 0.2) is 5.13 Å². The van der Waals surface area contributed by atoms with E-state index in [1.165, 1.54) is 41.8 Å². The van der Waals surface area contributed by atoms with Crippen LogP contribution >= 0.6 is 22.7 Å². The Labute approximate surface area is 151 Å². The Balaban J connectivity index is 1.45. The van der Waals surface area contributed by atoms with Crippen LogP contribution in [0.25, 0.3) is 0 Å². The molecule has 1 N–H and O–H groups in total. The van der Waals surface area contributed by atoms with Crippen LogP contribution in [-0.4, -0.2) is 17.5 Å². The van der Waals surface area contributed by atoms with Crippen molar-refractivity contribution < 1.29 is 18.7 Å². The predicted octanol–water partition coefficient (Wildman–Crippen LogP) is 4.46. The average molecular weight is 376 g/mol. The molecule has 0 saturated heterocycles. The van der Waals surface area contributed by atoms with Crippen molar-refractivity contribution in [3.8, 4) is 10.8 Å². The third-order valence-corrected chi connectivity index (χ3v) is 5.49. The highest BCUT2D eigenvalue weighted by Gasteiger charge is 2.21. The summed E-state index contributed by atoms with van der Waals surface area (Å²) in [5, 5.41) is 5.63. The fourth-order valence-electron chi connectivity index (χ4n) is 2.49. The third-order valence-electron chi connectivity index (χ3n) is 3.69. The number of thiazole rings is 1. The van der Waals surface area contributed by atoms with Crippen LogP contribution < -0.4 is 10.1 Å². The molecule has 1 aliphatic rings. The van der Waals surface area contributed by atoms with Gasteiger partial charge in [-0.3, -0.25) is 10.1 Å². The van der Waals surface area contributed by atoms with E-state index in [2.05, 4.69) is 10.3 Å². The average Bonchev–Trinajstić information content (AvgIpc) is 3.23. The van der Waals surface area contributed by atoms with Gasteiger partial charge in [0.25, 0.3) is 5.91 Å². The molecule has 0 atom stereocenters. The zero-order valence-corrected chi connectivity index (χ0v) is 14.6. The third kappa shape index (κ3) is 3.55. The molecule has 0 radical (unpaired) electrons. The van der Waals surface area contributed by atoms with E-state index in [9.17, 15) is 9.18 Å². The summed E-state index contributed by atoms with van der Waals surface area (Å²) in [5.41, 5.74) is 1.74. The van der Waals surface area contributed by atoms with Gasteiger partial charge in [0.2, 0.25) is 5.06 Å². The van der Waals surface area contributed by atoms with E-state index in [1.807, 2.05) is 5.38 Å². The van der Waals surface area contributed by atoms with Gasteiger partial charge in [-0.15, -0.1) is 11.3 Å². The number of carbonyl (C=O) groups is 1. The number of fused-ring (bicyclic) bond motifs is 1. The van der Waals surface area contributed by atoms with E-state index < -0.39 is 0 Å². The van der Waals surface area contributed by atoms with E-state index in [1.54, 1.807) is 11.3 Å². The quantitative estimate of drug-likeness (QED) is 0.730. The van der Waals surface area contributed by atoms with Crippen LogP contribution in [0.2, 0.25) is 0 Å². The molecule has 4 rings (SSSR count). The number of amides is 1. The number of halogens is 1. The van der Waals surface area contributed by atoms with Crippen molar-refractivity contribution in [2.45, 2.75) is 13.0 Å². The second-order valence-electron chi connectivity index (χ2n) is 5.35. The summed E-state index contributed by atoms with van der Waals surface area (Å²) in [7, 11) is 0. The van der Waals surface area contributed by atoms with Gasteiger partial charge in [0.05, 0.1) is 25.0 Å². The Kier molecular flexibility index (Phi) is 4.48. The minimum atomic E-state index is -0.325. The molecule has 0 bridgehead atoms. The van der Waals surface area contributed by atoms with Crippen LogP contribution in [0, 0.1) is 5.82 Å². The Hall–Kier alpha value is -2.29. The first-order valence-corrected chi connectivity index (χ1v) is 9.26. The van der Waals surface area contributed by atoms with E-state index >= 15 is 0 Å². The number of anilines is 1. The SMILES string of the molecule is O=C(Nc1ncc(Oc2ccc(F)cc2)s1)c1csc2c1CCOC2. The van der Waals surface area contributed by atoms with Crippen molar-refractivity contribution in [1.29, 1.82) is 0 Å². The number of carbonyl (C=O) groups excluding carboxylic acids is 1.